The van der Waals surface area contributed by atoms with Crippen LogP contribution in [-0.2, 0) is 22.6 Å². The zero-order chi connectivity index (χ0) is 22.6. The van der Waals surface area contributed by atoms with Crippen molar-refractivity contribution in [3.05, 3.63) is 48.2 Å². The molecule has 172 valence electrons. The number of ether oxygens (including phenoxy) is 2. The number of anilines is 1. The third kappa shape index (κ3) is 5.93. The largest absolute Gasteiger partial charge is 0.381 e. The summed E-state index contributed by atoms with van der Waals surface area (Å²) in [6.07, 6.45) is 8.94. The highest BCUT2D eigenvalue weighted by Gasteiger charge is 2.20. The monoisotopic (exact) mass is 453 g/mol. The van der Waals surface area contributed by atoms with Crippen LogP contribution >= 0.6 is 0 Å². The molecule has 0 saturated carbocycles. The van der Waals surface area contributed by atoms with E-state index in [1.807, 2.05) is 18.5 Å². The Balaban J connectivity index is 1.42. The van der Waals surface area contributed by atoms with Gasteiger partial charge in [0.15, 0.2) is 0 Å². The van der Waals surface area contributed by atoms with Crippen molar-refractivity contribution >= 4 is 24.9 Å². The summed E-state index contributed by atoms with van der Waals surface area (Å²) >= 11 is 0. The lowest BCUT2D eigenvalue weighted by atomic mass is 10.1. The summed E-state index contributed by atoms with van der Waals surface area (Å²) in [5.74, 6) is 0.803. The second-order valence-electron chi connectivity index (χ2n) is 9.81. The number of pyridine rings is 1. The molecular weight excluding hydrogens is 418 g/mol. The average molecular weight is 454 g/mol. The van der Waals surface area contributed by atoms with Crippen LogP contribution in [0.4, 0.5) is 5.95 Å². The summed E-state index contributed by atoms with van der Waals surface area (Å²) < 4.78 is 13.6. The highest BCUT2D eigenvalue weighted by Crippen LogP contribution is 2.20. The molecule has 0 N–H and O–H groups in total. The van der Waals surface area contributed by atoms with Gasteiger partial charge in [0, 0.05) is 71.0 Å². The molecule has 4 rings (SSSR count). The van der Waals surface area contributed by atoms with Crippen LogP contribution in [0.5, 0.6) is 0 Å². The molecule has 0 spiro atoms. The Labute approximate surface area is 191 Å². The van der Waals surface area contributed by atoms with E-state index in [9.17, 15) is 0 Å². The van der Waals surface area contributed by atoms with E-state index in [2.05, 4.69) is 57.4 Å². The zero-order valence-corrected chi connectivity index (χ0v) is 20.8. The first kappa shape index (κ1) is 22.9. The van der Waals surface area contributed by atoms with Crippen molar-refractivity contribution < 1.29 is 9.47 Å². The Bertz CT molecular complexity index is 1020. The normalized spacial score (nSPS) is 15.6. The van der Waals surface area contributed by atoms with Crippen LogP contribution in [0.3, 0.4) is 0 Å². The van der Waals surface area contributed by atoms with Crippen LogP contribution in [0.15, 0.2) is 36.8 Å². The lowest BCUT2D eigenvalue weighted by Gasteiger charge is -2.31. The second-order valence-corrected chi connectivity index (χ2v) is 15.4. The van der Waals surface area contributed by atoms with Crippen molar-refractivity contribution in [2.45, 2.75) is 57.8 Å². The Morgan fingerprint density at radius 1 is 1.09 bits per heavy atom. The van der Waals surface area contributed by atoms with Crippen molar-refractivity contribution in [1.82, 2.24) is 19.5 Å². The van der Waals surface area contributed by atoms with Crippen LogP contribution in [-0.4, -0.2) is 60.5 Å². The number of hydrogen-bond acceptors (Lipinski definition) is 6. The zero-order valence-electron chi connectivity index (χ0n) is 19.8. The number of hydrogen-bond donors (Lipinski definition) is 0. The molecule has 1 aliphatic rings. The summed E-state index contributed by atoms with van der Waals surface area (Å²) in [7, 11) is 0.715. The van der Waals surface area contributed by atoms with E-state index in [0.717, 1.165) is 60.8 Å². The molecule has 0 bridgehead atoms. The van der Waals surface area contributed by atoms with Crippen molar-refractivity contribution in [3.63, 3.8) is 0 Å². The molecule has 7 nitrogen and oxygen atoms in total. The van der Waals surface area contributed by atoms with E-state index >= 15 is 0 Å². The fourth-order valence-electron chi connectivity index (χ4n) is 3.99. The number of methoxy groups -OCH3 is 1. The fourth-order valence-corrected chi connectivity index (χ4v) is 4.74. The molecule has 0 aromatic carbocycles. The second kappa shape index (κ2) is 10.1. The van der Waals surface area contributed by atoms with Crippen LogP contribution in [0, 0.1) is 0 Å². The van der Waals surface area contributed by atoms with E-state index < -0.39 is 8.07 Å². The summed E-state index contributed by atoms with van der Waals surface area (Å²) in [5, 5.41) is 1.13. The average Bonchev–Trinajstić information content (AvgIpc) is 3.18. The maximum Gasteiger partial charge on any atom is 0.225 e. The Morgan fingerprint density at radius 3 is 2.66 bits per heavy atom. The van der Waals surface area contributed by atoms with Gasteiger partial charge in [-0.25, -0.2) is 9.97 Å². The summed E-state index contributed by atoms with van der Waals surface area (Å²) in [6.45, 7) is 10.4. The molecule has 0 amide bonds. The standard InChI is InChI=1S/C24H35N5O2Si/c1-30-22-7-11-28(12-8-22)24-25-9-5-20(27-24)15-21-16-23-19(17-26-21)6-10-29(23)18-31-13-14-32(2,3)4/h5-6,9-10,16-17,22H,7-8,11-15,18H2,1-4H3. The molecule has 0 aliphatic carbocycles. The van der Waals surface area contributed by atoms with Gasteiger partial charge in [0.1, 0.15) is 6.73 Å². The topological polar surface area (TPSA) is 65.3 Å². The van der Waals surface area contributed by atoms with Gasteiger partial charge in [0.25, 0.3) is 0 Å². The molecular formula is C24H35N5O2Si. The van der Waals surface area contributed by atoms with Crippen LogP contribution in [0.1, 0.15) is 24.2 Å². The Kier molecular flexibility index (Phi) is 7.22. The summed E-state index contributed by atoms with van der Waals surface area (Å²) in [5.41, 5.74) is 3.14. The van der Waals surface area contributed by atoms with Gasteiger partial charge in [-0.2, -0.15) is 0 Å². The first-order chi connectivity index (χ1) is 15.4. The maximum atomic E-state index is 5.96. The molecule has 1 aliphatic heterocycles. The lowest BCUT2D eigenvalue weighted by molar-refractivity contribution is 0.0816. The van der Waals surface area contributed by atoms with Gasteiger partial charge in [0.05, 0.1) is 17.3 Å². The fraction of sp³-hybridized carbons (Fsp3) is 0.542. The molecule has 0 unspecified atom stereocenters. The van der Waals surface area contributed by atoms with Crippen LogP contribution in [0.25, 0.3) is 10.9 Å². The minimum absolute atomic E-state index is 0.348. The molecule has 1 saturated heterocycles. The van der Waals surface area contributed by atoms with Crippen molar-refractivity contribution in [1.29, 1.82) is 0 Å². The molecule has 0 atom stereocenters. The first-order valence-electron chi connectivity index (χ1n) is 11.5. The summed E-state index contributed by atoms with van der Waals surface area (Å²) in [6, 6.07) is 7.41. The highest BCUT2D eigenvalue weighted by molar-refractivity contribution is 6.76. The minimum atomic E-state index is -1.07. The number of nitrogens with zero attached hydrogens (tertiary/aromatic N) is 5. The number of fused-ring (bicyclic) bond motifs is 1. The summed E-state index contributed by atoms with van der Waals surface area (Å²) in [4.78, 5) is 16.2. The van der Waals surface area contributed by atoms with Crippen LogP contribution < -0.4 is 4.90 Å². The molecule has 4 heterocycles. The molecule has 1 fully saturated rings. The third-order valence-electron chi connectivity index (χ3n) is 6.06. The molecule has 3 aromatic rings. The van der Waals surface area contributed by atoms with E-state index in [4.69, 9.17) is 14.5 Å². The minimum Gasteiger partial charge on any atom is -0.381 e. The number of piperidine rings is 1. The highest BCUT2D eigenvalue weighted by atomic mass is 28.3. The lowest BCUT2D eigenvalue weighted by Crippen LogP contribution is -2.37. The molecule has 0 radical (unpaired) electrons. The molecule has 32 heavy (non-hydrogen) atoms. The van der Waals surface area contributed by atoms with Gasteiger partial charge in [-0.1, -0.05) is 19.6 Å². The van der Waals surface area contributed by atoms with E-state index in [1.54, 1.807) is 7.11 Å². The Morgan fingerprint density at radius 2 is 1.91 bits per heavy atom. The van der Waals surface area contributed by atoms with Gasteiger partial charge in [-0.05, 0) is 37.1 Å². The van der Waals surface area contributed by atoms with Gasteiger partial charge >= 0.3 is 0 Å². The third-order valence-corrected chi connectivity index (χ3v) is 7.76. The van der Waals surface area contributed by atoms with Gasteiger partial charge in [-0.15, -0.1) is 0 Å². The SMILES string of the molecule is COC1CCN(c2nccc(Cc3cc4c(ccn4COCC[Si](C)(C)C)cn3)n2)CC1. The predicted molar refractivity (Wildman–Crippen MR) is 131 cm³/mol. The van der Waals surface area contributed by atoms with E-state index in [-0.39, 0.29) is 0 Å². The predicted octanol–water partition coefficient (Wildman–Crippen LogP) is 4.34. The van der Waals surface area contributed by atoms with Crippen molar-refractivity contribution in [3.8, 4) is 0 Å². The van der Waals surface area contributed by atoms with Gasteiger partial charge < -0.3 is 18.9 Å². The van der Waals surface area contributed by atoms with E-state index in [1.165, 1.54) is 6.04 Å². The Hall–Kier alpha value is -2.29. The molecule has 3 aromatic heterocycles. The van der Waals surface area contributed by atoms with Crippen molar-refractivity contribution in [2.75, 3.05) is 31.7 Å². The maximum absolute atomic E-state index is 5.96. The van der Waals surface area contributed by atoms with Crippen LogP contribution in [0.2, 0.25) is 25.7 Å². The first-order valence-corrected chi connectivity index (χ1v) is 15.2. The van der Waals surface area contributed by atoms with Gasteiger partial charge in [0.2, 0.25) is 5.95 Å². The smallest absolute Gasteiger partial charge is 0.225 e. The molecule has 8 heteroatoms. The quantitative estimate of drug-likeness (QED) is 0.355. The van der Waals surface area contributed by atoms with Gasteiger partial charge in [-0.3, -0.25) is 4.98 Å². The van der Waals surface area contributed by atoms with E-state index in [0.29, 0.717) is 19.3 Å². The van der Waals surface area contributed by atoms with Crippen molar-refractivity contribution in [2.24, 2.45) is 0 Å². The number of aromatic nitrogens is 4. The number of rotatable bonds is 9.